The number of hydrogen-bond acceptors (Lipinski definition) is 3. The van der Waals surface area contributed by atoms with Crippen molar-refractivity contribution in [2.24, 2.45) is 0 Å². The lowest BCUT2D eigenvalue weighted by molar-refractivity contribution is 0.481. The maximum atomic E-state index is 5.91. The van der Waals surface area contributed by atoms with Gasteiger partial charge in [-0.2, -0.15) is 0 Å². The Morgan fingerprint density at radius 3 is 2.63 bits per heavy atom. The van der Waals surface area contributed by atoms with Crippen molar-refractivity contribution in [3.63, 3.8) is 0 Å². The third-order valence-electron chi connectivity index (χ3n) is 4.57. The lowest BCUT2D eigenvalue weighted by Gasteiger charge is -2.09. The minimum absolute atomic E-state index is 0.798. The molecule has 0 radical (unpaired) electrons. The quantitative estimate of drug-likeness (QED) is 0.326. The molecule has 4 aromatic rings. The zero-order chi connectivity index (χ0) is 18.5. The van der Waals surface area contributed by atoms with E-state index in [1.54, 1.807) is 0 Å². The molecule has 4 N–H and O–H groups in total. The number of nitrogens with two attached hydrogens (primary N) is 1. The third kappa shape index (κ3) is 4.30. The number of nitrogens with one attached hydrogen (secondary N) is 2. The summed E-state index contributed by atoms with van der Waals surface area (Å²) in [6.07, 6.45) is 3.02. The number of nitrogen functional groups attached to an aromatic ring is 1. The van der Waals surface area contributed by atoms with Crippen molar-refractivity contribution in [2.75, 3.05) is 12.3 Å². The van der Waals surface area contributed by atoms with E-state index >= 15 is 0 Å². The van der Waals surface area contributed by atoms with E-state index in [2.05, 4.69) is 28.6 Å². The smallest absolute Gasteiger partial charge is 0.127 e. The molecule has 4 rings (SSSR count). The largest absolute Gasteiger partial charge is 0.457 e. The molecule has 4 heteroatoms. The van der Waals surface area contributed by atoms with Crippen molar-refractivity contribution in [2.45, 2.75) is 13.0 Å². The van der Waals surface area contributed by atoms with E-state index in [0.717, 1.165) is 42.2 Å². The summed E-state index contributed by atoms with van der Waals surface area (Å²) < 4.78 is 5.90. The minimum Gasteiger partial charge on any atom is -0.457 e. The Morgan fingerprint density at radius 2 is 1.74 bits per heavy atom. The number of para-hydroxylation sites is 1. The van der Waals surface area contributed by atoms with Gasteiger partial charge in [-0.3, -0.25) is 0 Å². The van der Waals surface area contributed by atoms with Gasteiger partial charge >= 0.3 is 0 Å². The second-order valence-electron chi connectivity index (χ2n) is 6.61. The molecule has 0 fully saturated rings. The van der Waals surface area contributed by atoms with Crippen LogP contribution in [0.2, 0.25) is 0 Å². The Bertz CT molecular complexity index is 1020. The zero-order valence-electron chi connectivity index (χ0n) is 15.1. The predicted molar refractivity (Wildman–Crippen MR) is 111 cm³/mol. The summed E-state index contributed by atoms with van der Waals surface area (Å²) in [5, 5.41) is 4.71. The molecule has 0 spiro atoms. The van der Waals surface area contributed by atoms with Gasteiger partial charge in [0.25, 0.3) is 0 Å². The number of benzene rings is 3. The third-order valence-corrected chi connectivity index (χ3v) is 4.57. The number of rotatable bonds is 7. The van der Waals surface area contributed by atoms with Gasteiger partial charge in [-0.05, 0) is 66.6 Å². The Hall–Kier alpha value is -3.24. The van der Waals surface area contributed by atoms with Crippen LogP contribution in [0.15, 0.2) is 79.0 Å². The average Bonchev–Trinajstić information content (AvgIpc) is 3.08. The fourth-order valence-electron chi connectivity index (χ4n) is 3.20. The predicted octanol–water partition coefficient (Wildman–Crippen LogP) is 4.87. The van der Waals surface area contributed by atoms with E-state index in [-0.39, 0.29) is 0 Å². The highest BCUT2D eigenvalue weighted by atomic mass is 16.5. The highest BCUT2D eigenvalue weighted by molar-refractivity contribution is 5.86. The minimum atomic E-state index is 0.798. The van der Waals surface area contributed by atoms with Crippen LogP contribution in [0.4, 0.5) is 5.69 Å². The molecular formula is C23H23N3O. The lowest BCUT2D eigenvalue weighted by atomic mass is 10.1. The van der Waals surface area contributed by atoms with Crippen LogP contribution in [-0.2, 0) is 13.0 Å². The van der Waals surface area contributed by atoms with Crippen LogP contribution >= 0.6 is 0 Å². The van der Waals surface area contributed by atoms with E-state index in [0.29, 0.717) is 0 Å². The Kier molecular flexibility index (Phi) is 5.08. The molecule has 0 saturated carbocycles. The molecule has 0 aliphatic carbocycles. The Labute approximate surface area is 159 Å². The molecule has 27 heavy (non-hydrogen) atoms. The number of H-pyrrole nitrogens is 1. The van der Waals surface area contributed by atoms with E-state index in [1.807, 2.05) is 60.7 Å². The molecule has 1 aromatic heterocycles. The van der Waals surface area contributed by atoms with Crippen molar-refractivity contribution in [1.29, 1.82) is 0 Å². The lowest BCUT2D eigenvalue weighted by Crippen LogP contribution is -2.16. The maximum Gasteiger partial charge on any atom is 0.127 e. The maximum absolute atomic E-state index is 5.91. The zero-order valence-corrected chi connectivity index (χ0v) is 15.1. The van der Waals surface area contributed by atoms with Gasteiger partial charge in [0.2, 0.25) is 0 Å². The average molecular weight is 357 g/mol. The molecule has 0 saturated heterocycles. The molecule has 0 atom stereocenters. The highest BCUT2D eigenvalue weighted by Crippen LogP contribution is 2.22. The van der Waals surface area contributed by atoms with Crippen LogP contribution in [0.5, 0.6) is 11.5 Å². The number of aromatic nitrogens is 1. The summed E-state index contributed by atoms with van der Waals surface area (Å²) in [5.41, 5.74) is 10.3. The monoisotopic (exact) mass is 357 g/mol. The molecule has 3 aromatic carbocycles. The first-order valence-electron chi connectivity index (χ1n) is 9.16. The second-order valence-corrected chi connectivity index (χ2v) is 6.61. The molecule has 0 amide bonds. The van der Waals surface area contributed by atoms with Crippen LogP contribution in [0.1, 0.15) is 11.1 Å². The molecule has 4 nitrogen and oxygen atoms in total. The molecule has 0 aliphatic rings. The van der Waals surface area contributed by atoms with Crippen molar-refractivity contribution >= 4 is 16.6 Å². The van der Waals surface area contributed by atoms with Crippen LogP contribution in [0, 0.1) is 0 Å². The molecule has 0 unspecified atom stereocenters. The first-order chi connectivity index (χ1) is 13.3. The fourth-order valence-corrected chi connectivity index (χ4v) is 3.20. The number of anilines is 1. The van der Waals surface area contributed by atoms with E-state index in [4.69, 9.17) is 10.5 Å². The van der Waals surface area contributed by atoms with Gasteiger partial charge in [0.05, 0.1) is 0 Å². The number of hydrogen-bond donors (Lipinski definition) is 3. The van der Waals surface area contributed by atoms with Crippen LogP contribution < -0.4 is 15.8 Å². The first kappa shape index (κ1) is 17.2. The van der Waals surface area contributed by atoms with Gasteiger partial charge in [-0.15, -0.1) is 0 Å². The summed E-state index contributed by atoms with van der Waals surface area (Å²) >= 11 is 0. The topological polar surface area (TPSA) is 63.1 Å². The standard InChI is InChI=1S/C23H23N3O/c24-19-9-10-23-22(14-19)18(16-26-23)11-12-25-15-17-5-4-8-21(13-17)27-20-6-2-1-3-7-20/h1-10,13-14,16,25-26H,11-12,15,24H2. The van der Waals surface area contributed by atoms with Gasteiger partial charge in [0.15, 0.2) is 0 Å². The summed E-state index contributed by atoms with van der Waals surface area (Å²) in [5.74, 6) is 1.70. The van der Waals surface area contributed by atoms with Crippen molar-refractivity contribution < 1.29 is 4.74 Å². The fraction of sp³-hybridized carbons (Fsp3) is 0.130. The summed E-state index contributed by atoms with van der Waals surface area (Å²) in [6, 6.07) is 24.0. The molecule has 1 heterocycles. The highest BCUT2D eigenvalue weighted by Gasteiger charge is 2.04. The SMILES string of the molecule is Nc1ccc2[nH]cc(CCNCc3cccc(Oc4ccccc4)c3)c2c1. The Morgan fingerprint density at radius 1 is 0.889 bits per heavy atom. The molecule has 0 aliphatic heterocycles. The van der Waals surface area contributed by atoms with Crippen molar-refractivity contribution in [3.8, 4) is 11.5 Å². The number of ether oxygens (including phenoxy) is 1. The van der Waals surface area contributed by atoms with E-state index in [9.17, 15) is 0 Å². The van der Waals surface area contributed by atoms with Gasteiger partial charge in [-0.1, -0.05) is 30.3 Å². The number of aromatic amines is 1. The second kappa shape index (κ2) is 7.98. The molecular weight excluding hydrogens is 334 g/mol. The normalized spacial score (nSPS) is 11.0. The Balaban J connectivity index is 1.32. The van der Waals surface area contributed by atoms with E-state index < -0.39 is 0 Å². The van der Waals surface area contributed by atoms with Crippen LogP contribution in [-0.4, -0.2) is 11.5 Å². The van der Waals surface area contributed by atoms with Gasteiger partial charge in [0, 0.05) is 29.3 Å². The van der Waals surface area contributed by atoms with Gasteiger partial charge in [0.1, 0.15) is 11.5 Å². The molecule has 136 valence electrons. The number of fused-ring (bicyclic) bond motifs is 1. The van der Waals surface area contributed by atoms with Gasteiger partial charge < -0.3 is 20.8 Å². The first-order valence-corrected chi connectivity index (χ1v) is 9.16. The van der Waals surface area contributed by atoms with E-state index in [1.165, 1.54) is 16.5 Å². The summed E-state index contributed by atoms with van der Waals surface area (Å²) in [6.45, 7) is 1.70. The summed E-state index contributed by atoms with van der Waals surface area (Å²) in [4.78, 5) is 3.30. The van der Waals surface area contributed by atoms with Crippen molar-refractivity contribution in [3.05, 3.63) is 90.1 Å². The van der Waals surface area contributed by atoms with Crippen LogP contribution in [0.25, 0.3) is 10.9 Å². The molecule has 0 bridgehead atoms. The summed E-state index contributed by atoms with van der Waals surface area (Å²) in [7, 11) is 0. The van der Waals surface area contributed by atoms with Gasteiger partial charge in [-0.25, -0.2) is 0 Å². The van der Waals surface area contributed by atoms with Crippen LogP contribution in [0.3, 0.4) is 0 Å². The van der Waals surface area contributed by atoms with Crippen molar-refractivity contribution in [1.82, 2.24) is 10.3 Å².